The van der Waals surface area contributed by atoms with Gasteiger partial charge in [-0.2, -0.15) is 0 Å². The second kappa shape index (κ2) is 12.1. The number of imidazole rings is 1. The summed E-state index contributed by atoms with van der Waals surface area (Å²) in [4.78, 5) is 13.2. The molecule has 0 aromatic carbocycles. The topological polar surface area (TPSA) is 67.1 Å². The fraction of sp³-hybridized carbons (Fsp3) is 0.591. The van der Waals surface area contributed by atoms with Crippen molar-refractivity contribution >= 4 is 29.9 Å². The van der Waals surface area contributed by atoms with Gasteiger partial charge in [-0.3, -0.25) is 9.56 Å². The van der Waals surface area contributed by atoms with Gasteiger partial charge in [-0.05, 0) is 44.2 Å². The number of hydrogen-bond donors (Lipinski definition) is 2. The fourth-order valence-corrected chi connectivity index (χ4v) is 3.93. The molecule has 6 nitrogen and oxygen atoms in total. The number of hydrogen-bond acceptors (Lipinski definition) is 3. The number of aromatic nitrogens is 3. The van der Waals surface area contributed by atoms with E-state index in [0.29, 0.717) is 12.6 Å². The van der Waals surface area contributed by atoms with Gasteiger partial charge in [0, 0.05) is 38.2 Å². The SMILES string of the molecule is CN=C(NCc1ccc(-n2ccnc2C)nc1)NC(C)CCC1CCCCC1.I. The normalized spacial score (nSPS) is 16.2. The average Bonchev–Trinajstić information content (AvgIpc) is 3.16. The number of pyridine rings is 1. The van der Waals surface area contributed by atoms with Gasteiger partial charge < -0.3 is 10.6 Å². The van der Waals surface area contributed by atoms with Crippen LogP contribution in [-0.4, -0.2) is 33.6 Å². The first-order valence-electron chi connectivity index (χ1n) is 10.6. The molecule has 1 atom stereocenters. The van der Waals surface area contributed by atoms with Crippen LogP contribution in [-0.2, 0) is 6.54 Å². The van der Waals surface area contributed by atoms with E-state index in [1.54, 1.807) is 6.20 Å². The largest absolute Gasteiger partial charge is 0.354 e. The zero-order chi connectivity index (χ0) is 19.8. The third-order valence-corrected chi connectivity index (χ3v) is 5.68. The van der Waals surface area contributed by atoms with Crippen LogP contribution >= 0.6 is 24.0 Å². The van der Waals surface area contributed by atoms with Crippen LogP contribution in [0.2, 0.25) is 0 Å². The molecule has 0 amide bonds. The molecule has 0 spiro atoms. The zero-order valence-electron chi connectivity index (χ0n) is 17.9. The summed E-state index contributed by atoms with van der Waals surface area (Å²) in [5, 5.41) is 6.92. The van der Waals surface area contributed by atoms with E-state index in [0.717, 1.165) is 29.1 Å². The first-order chi connectivity index (χ1) is 13.7. The van der Waals surface area contributed by atoms with E-state index in [2.05, 4.69) is 38.6 Å². The molecule has 1 aliphatic rings. The Balaban J connectivity index is 0.00000300. The van der Waals surface area contributed by atoms with Crippen LogP contribution in [0, 0.1) is 12.8 Å². The molecule has 160 valence electrons. The molecule has 2 heterocycles. The van der Waals surface area contributed by atoms with Crippen LogP contribution < -0.4 is 10.6 Å². The van der Waals surface area contributed by atoms with Gasteiger partial charge in [-0.15, -0.1) is 24.0 Å². The summed E-state index contributed by atoms with van der Waals surface area (Å²) < 4.78 is 1.98. The quantitative estimate of drug-likeness (QED) is 0.325. The number of guanidine groups is 1. The minimum Gasteiger partial charge on any atom is -0.354 e. The van der Waals surface area contributed by atoms with Crippen LogP contribution in [0.25, 0.3) is 5.82 Å². The summed E-state index contributed by atoms with van der Waals surface area (Å²) in [5.74, 6) is 3.60. The summed E-state index contributed by atoms with van der Waals surface area (Å²) >= 11 is 0. The number of nitrogens with one attached hydrogen (secondary N) is 2. The Kier molecular flexibility index (Phi) is 9.90. The third kappa shape index (κ3) is 7.28. The Morgan fingerprint density at radius 1 is 1.24 bits per heavy atom. The van der Waals surface area contributed by atoms with Gasteiger partial charge in [0.15, 0.2) is 5.96 Å². The molecule has 3 rings (SSSR count). The van der Waals surface area contributed by atoms with Crippen molar-refractivity contribution in [1.82, 2.24) is 25.2 Å². The number of aliphatic imine (C=N–C) groups is 1. The van der Waals surface area contributed by atoms with Crippen molar-refractivity contribution in [2.75, 3.05) is 7.05 Å². The molecule has 0 saturated heterocycles. The summed E-state index contributed by atoms with van der Waals surface area (Å²) in [6, 6.07) is 4.54. The molecule has 1 aliphatic carbocycles. The third-order valence-electron chi connectivity index (χ3n) is 5.68. The molecule has 0 bridgehead atoms. The van der Waals surface area contributed by atoms with Crippen LogP contribution in [0.5, 0.6) is 0 Å². The number of nitrogens with zero attached hydrogens (tertiary/aromatic N) is 4. The lowest BCUT2D eigenvalue weighted by Gasteiger charge is -2.24. The highest BCUT2D eigenvalue weighted by Gasteiger charge is 2.15. The fourth-order valence-electron chi connectivity index (χ4n) is 3.93. The summed E-state index contributed by atoms with van der Waals surface area (Å²) in [6.07, 6.45) is 15.2. The van der Waals surface area contributed by atoms with Crippen LogP contribution in [0.4, 0.5) is 0 Å². The van der Waals surface area contributed by atoms with Gasteiger partial charge in [-0.1, -0.05) is 38.2 Å². The molecule has 2 aromatic rings. The van der Waals surface area contributed by atoms with Crippen LogP contribution in [0.15, 0.2) is 35.7 Å². The molecule has 1 fully saturated rings. The smallest absolute Gasteiger partial charge is 0.191 e. The Bertz CT molecular complexity index is 749. The molecular weight excluding hydrogens is 475 g/mol. The van der Waals surface area contributed by atoms with Crippen LogP contribution in [0.1, 0.15) is 63.3 Å². The standard InChI is InChI=1S/C22H34N6.HI/c1-17(9-10-19-7-5-4-6-8-19)27-22(23-3)26-16-20-11-12-21(25-15-20)28-14-13-24-18(28)2;/h11-15,17,19H,4-10,16H2,1-3H3,(H2,23,26,27);1H. The van der Waals surface area contributed by atoms with E-state index in [4.69, 9.17) is 0 Å². The molecule has 2 N–H and O–H groups in total. The van der Waals surface area contributed by atoms with Crippen molar-refractivity contribution in [2.24, 2.45) is 10.9 Å². The van der Waals surface area contributed by atoms with Gasteiger partial charge in [0.25, 0.3) is 0 Å². The van der Waals surface area contributed by atoms with Crippen molar-refractivity contribution in [2.45, 2.75) is 71.4 Å². The molecule has 1 saturated carbocycles. The average molecular weight is 510 g/mol. The molecule has 2 aromatic heterocycles. The number of halogens is 1. The summed E-state index contributed by atoms with van der Waals surface area (Å²) in [7, 11) is 1.83. The van der Waals surface area contributed by atoms with Gasteiger partial charge >= 0.3 is 0 Å². The van der Waals surface area contributed by atoms with Crippen molar-refractivity contribution in [1.29, 1.82) is 0 Å². The maximum atomic E-state index is 4.55. The lowest BCUT2D eigenvalue weighted by molar-refractivity contribution is 0.322. The Morgan fingerprint density at radius 3 is 2.66 bits per heavy atom. The highest BCUT2D eigenvalue weighted by molar-refractivity contribution is 14.0. The van der Waals surface area contributed by atoms with Crippen molar-refractivity contribution in [3.05, 3.63) is 42.1 Å². The lowest BCUT2D eigenvalue weighted by Crippen LogP contribution is -2.42. The van der Waals surface area contributed by atoms with E-state index < -0.39 is 0 Å². The highest BCUT2D eigenvalue weighted by atomic mass is 127. The van der Waals surface area contributed by atoms with Crippen molar-refractivity contribution < 1.29 is 0 Å². The summed E-state index contributed by atoms with van der Waals surface area (Å²) in [6.45, 7) is 4.92. The van der Waals surface area contributed by atoms with E-state index >= 15 is 0 Å². The molecule has 0 radical (unpaired) electrons. The summed E-state index contributed by atoms with van der Waals surface area (Å²) in [5.41, 5.74) is 1.12. The predicted octanol–water partition coefficient (Wildman–Crippen LogP) is 4.61. The second-order valence-corrected chi connectivity index (χ2v) is 7.92. The van der Waals surface area contributed by atoms with Gasteiger partial charge in [0.05, 0.1) is 0 Å². The number of aryl methyl sites for hydroxylation is 1. The van der Waals surface area contributed by atoms with Crippen molar-refractivity contribution in [3.8, 4) is 5.82 Å². The van der Waals surface area contributed by atoms with E-state index in [1.807, 2.05) is 37.0 Å². The van der Waals surface area contributed by atoms with E-state index in [1.165, 1.54) is 44.9 Å². The predicted molar refractivity (Wildman–Crippen MR) is 130 cm³/mol. The Morgan fingerprint density at radius 2 is 2.03 bits per heavy atom. The lowest BCUT2D eigenvalue weighted by atomic mass is 9.85. The minimum atomic E-state index is 0. The maximum absolute atomic E-state index is 4.55. The van der Waals surface area contributed by atoms with Gasteiger partial charge in [-0.25, -0.2) is 9.97 Å². The molecular formula is C22H35IN6. The Labute approximate surface area is 192 Å². The van der Waals surface area contributed by atoms with E-state index in [-0.39, 0.29) is 24.0 Å². The minimum absolute atomic E-state index is 0. The second-order valence-electron chi connectivity index (χ2n) is 7.92. The monoisotopic (exact) mass is 510 g/mol. The van der Waals surface area contributed by atoms with Crippen molar-refractivity contribution in [3.63, 3.8) is 0 Å². The van der Waals surface area contributed by atoms with Gasteiger partial charge in [0.2, 0.25) is 0 Å². The zero-order valence-corrected chi connectivity index (χ0v) is 20.2. The maximum Gasteiger partial charge on any atom is 0.191 e. The van der Waals surface area contributed by atoms with Crippen LogP contribution in [0.3, 0.4) is 0 Å². The number of rotatable bonds is 7. The molecule has 7 heteroatoms. The molecule has 29 heavy (non-hydrogen) atoms. The first-order valence-corrected chi connectivity index (χ1v) is 10.6. The Hall–Kier alpha value is -1.64. The first kappa shape index (κ1) is 23.6. The molecule has 1 unspecified atom stereocenters. The molecule has 0 aliphatic heterocycles. The van der Waals surface area contributed by atoms with Gasteiger partial charge in [0.1, 0.15) is 11.6 Å². The highest BCUT2D eigenvalue weighted by Crippen LogP contribution is 2.27. The van der Waals surface area contributed by atoms with E-state index in [9.17, 15) is 0 Å².